The smallest absolute Gasteiger partial charge is 0.320 e. The lowest BCUT2D eigenvalue weighted by atomic mass is 9.96. The van der Waals surface area contributed by atoms with Crippen LogP contribution in [0.25, 0.3) is 0 Å². The summed E-state index contributed by atoms with van der Waals surface area (Å²) >= 11 is 0. The molecule has 3 saturated heterocycles. The number of amides is 3. The summed E-state index contributed by atoms with van der Waals surface area (Å²) in [5.41, 5.74) is 0. The number of nitrogens with one attached hydrogen (secondary N) is 1. The maximum Gasteiger partial charge on any atom is 0.320 e. The third-order valence-corrected chi connectivity index (χ3v) is 5.07. The van der Waals surface area contributed by atoms with E-state index in [0.717, 1.165) is 77.9 Å². The molecule has 0 radical (unpaired) electrons. The highest BCUT2D eigenvalue weighted by Crippen LogP contribution is 2.21. The van der Waals surface area contributed by atoms with Gasteiger partial charge < -0.3 is 20.0 Å². The Bertz CT molecular complexity index is 401. The van der Waals surface area contributed by atoms with Gasteiger partial charge in [-0.05, 0) is 38.6 Å². The average molecular weight is 308 g/mol. The molecule has 0 spiro atoms. The molecule has 124 valence electrons. The number of piperidine rings is 1. The van der Waals surface area contributed by atoms with E-state index < -0.39 is 0 Å². The molecule has 1 atom stereocenters. The van der Waals surface area contributed by atoms with Gasteiger partial charge in [0.05, 0.1) is 5.92 Å². The molecular weight excluding hydrogens is 280 g/mol. The SMILES string of the molecule is O=C(C1CCCN(C(=O)N2CCCC2)C1)N1CCCNCC1. The monoisotopic (exact) mass is 308 g/mol. The standard InChI is InChI=1S/C16H28N4O2/c21-15(18-11-4-6-17-7-12-18)14-5-3-10-20(13-14)16(22)19-8-1-2-9-19/h14,17H,1-13H2. The van der Waals surface area contributed by atoms with Crippen LogP contribution in [0.4, 0.5) is 4.79 Å². The number of hydrogen-bond acceptors (Lipinski definition) is 3. The lowest BCUT2D eigenvalue weighted by Gasteiger charge is -2.36. The molecule has 22 heavy (non-hydrogen) atoms. The minimum absolute atomic E-state index is 0.00148. The normalized spacial score (nSPS) is 26.9. The highest BCUT2D eigenvalue weighted by molar-refractivity contribution is 5.81. The van der Waals surface area contributed by atoms with Crippen molar-refractivity contribution in [3.8, 4) is 0 Å². The van der Waals surface area contributed by atoms with Crippen molar-refractivity contribution in [1.29, 1.82) is 0 Å². The van der Waals surface area contributed by atoms with Crippen LogP contribution in [0.2, 0.25) is 0 Å². The number of carbonyl (C=O) groups is 2. The Hall–Kier alpha value is -1.30. The van der Waals surface area contributed by atoms with Crippen molar-refractivity contribution in [3.63, 3.8) is 0 Å². The molecule has 3 heterocycles. The van der Waals surface area contributed by atoms with E-state index in [4.69, 9.17) is 0 Å². The maximum atomic E-state index is 12.7. The molecule has 0 aliphatic carbocycles. The van der Waals surface area contributed by atoms with E-state index in [0.29, 0.717) is 6.54 Å². The van der Waals surface area contributed by atoms with Crippen LogP contribution in [0, 0.1) is 5.92 Å². The van der Waals surface area contributed by atoms with Gasteiger partial charge in [0.1, 0.15) is 0 Å². The Morgan fingerprint density at radius 3 is 2.32 bits per heavy atom. The summed E-state index contributed by atoms with van der Waals surface area (Å²) in [6.07, 6.45) is 5.12. The van der Waals surface area contributed by atoms with Crippen LogP contribution in [0.5, 0.6) is 0 Å². The van der Waals surface area contributed by atoms with Crippen LogP contribution in [-0.4, -0.2) is 79.0 Å². The largest absolute Gasteiger partial charge is 0.341 e. The molecule has 3 aliphatic heterocycles. The van der Waals surface area contributed by atoms with Crippen LogP contribution < -0.4 is 5.32 Å². The van der Waals surface area contributed by atoms with Crippen LogP contribution in [0.3, 0.4) is 0 Å². The molecule has 0 aromatic carbocycles. The van der Waals surface area contributed by atoms with Crippen molar-refractivity contribution in [3.05, 3.63) is 0 Å². The second-order valence-corrected chi connectivity index (χ2v) is 6.69. The minimum Gasteiger partial charge on any atom is -0.341 e. The minimum atomic E-state index is -0.00148. The molecule has 0 bridgehead atoms. The number of likely N-dealkylation sites (tertiary alicyclic amines) is 2. The molecule has 0 aromatic rings. The van der Waals surface area contributed by atoms with E-state index in [1.54, 1.807) is 0 Å². The number of nitrogens with zero attached hydrogens (tertiary/aromatic N) is 3. The van der Waals surface area contributed by atoms with Gasteiger partial charge in [-0.1, -0.05) is 0 Å². The molecule has 3 amide bonds. The summed E-state index contributed by atoms with van der Waals surface area (Å²) in [5.74, 6) is 0.251. The number of urea groups is 1. The van der Waals surface area contributed by atoms with Gasteiger partial charge in [0, 0.05) is 45.8 Å². The van der Waals surface area contributed by atoms with Crippen LogP contribution in [-0.2, 0) is 4.79 Å². The fourth-order valence-electron chi connectivity index (χ4n) is 3.79. The maximum absolute atomic E-state index is 12.7. The molecular formula is C16H28N4O2. The molecule has 3 fully saturated rings. The van der Waals surface area contributed by atoms with Crippen LogP contribution in [0.15, 0.2) is 0 Å². The highest BCUT2D eigenvalue weighted by atomic mass is 16.2. The van der Waals surface area contributed by atoms with E-state index in [2.05, 4.69) is 5.32 Å². The molecule has 6 nitrogen and oxygen atoms in total. The fourth-order valence-corrected chi connectivity index (χ4v) is 3.79. The summed E-state index contributed by atoms with van der Waals surface area (Å²) < 4.78 is 0. The average Bonchev–Trinajstić information content (AvgIpc) is 2.96. The quantitative estimate of drug-likeness (QED) is 0.777. The highest BCUT2D eigenvalue weighted by Gasteiger charge is 2.33. The molecule has 1 unspecified atom stereocenters. The van der Waals surface area contributed by atoms with Crippen LogP contribution in [0.1, 0.15) is 32.1 Å². The topological polar surface area (TPSA) is 55.9 Å². The number of carbonyl (C=O) groups excluding carboxylic acids is 2. The zero-order valence-electron chi connectivity index (χ0n) is 13.4. The van der Waals surface area contributed by atoms with Gasteiger partial charge in [0.2, 0.25) is 5.91 Å². The van der Waals surface area contributed by atoms with E-state index in [9.17, 15) is 9.59 Å². The van der Waals surface area contributed by atoms with Crippen molar-refractivity contribution < 1.29 is 9.59 Å². The predicted molar refractivity (Wildman–Crippen MR) is 84.6 cm³/mol. The van der Waals surface area contributed by atoms with Gasteiger partial charge in [-0.15, -0.1) is 0 Å². The Kier molecular flexibility index (Phi) is 5.18. The second kappa shape index (κ2) is 7.31. The first-order chi connectivity index (χ1) is 10.8. The summed E-state index contributed by atoms with van der Waals surface area (Å²) in [4.78, 5) is 31.1. The van der Waals surface area contributed by atoms with Gasteiger partial charge in [0.15, 0.2) is 0 Å². The lowest BCUT2D eigenvalue weighted by molar-refractivity contribution is -0.136. The zero-order valence-corrected chi connectivity index (χ0v) is 13.4. The fraction of sp³-hybridized carbons (Fsp3) is 0.875. The molecule has 3 rings (SSSR count). The Labute approximate surface area is 132 Å². The lowest BCUT2D eigenvalue weighted by Crippen LogP contribution is -2.50. The zero-order chi connectivity index (χ0) is 15.4. The molecule has 0 saturated carbocycles. The third-order valence-electron chi connectivity index (χ3n) is 5.07. The Morgan fingerprint density at radius 1 is 0.773 bits per heavy atom. The first kappa shape index (κ1) is 15.6. The van der Waals surface area contributed by atoms with Crippen molar-refractivity contribution in [2.45, 2.75) is 32.1 Å². The number of hydrogen-bond donors (Lipinski definition) is 1. The molecule has 6 heteroatoms. The predicted octanol–water partition coefficient (Wildman–Crippen LogP) is 0.736. The number of rotatable bonds is 1. The van der Waals surface area contributed by atoms with Crippen molar-refractivity contribution >= 4 is 11.9 Å². The molecule has 0 aromatic heterocycles. The first-order valence-corrected chi connectivity index (χ1v) is 8.79. The Balaban J connectivity index is 1.57. The molecule has 1 N–H and O–H groups in total. The van der Waals surface area contributed by atoms with Gasteiger partial charge in [-0.3, -0.25) is 4.79 Å². The second-order valence-electron chi connectivity index (χ2n) is 6.69. The Morgan fingerprint density at radius 2 is 1.50 bits per heavy atom. The van der Waals surface area contributed by atoms with Gasteiger partial charge >= 0.3 is 6.03 Å². The van der Waals surface area contributed by atoms with E-state index in [-0.39, 0.29) is 17.9 Å². The van der Waals surface area contributed by atoms with Gasteiger partial charge in [-0.2, -0.15) is 0 Å². The van der Waals surface area contributed by atoms with Gasteiger partial charge in [0.25, 0.3) is 0 Å². The van der Waals surface area contributed by atoms with Crippen LogP contribution >= 0.6 is 0 Å². The summed E-state index contributed by atoms with van der Waals surface area (Å²) in [7, 11) is 0. The summed E-state index contributed by atoms with van der Waals surface area (Å²) in [5, 5.41) is 3.33. The summed E-state index contributed by atoms with van der Waals surface area (Å²) in [6, 6.07) is 0.146. The summed E-state index contributed by atoms with van der Waals surface area (Å²) in [6.45, 7) is 6.71. The third kappa shape index (κ3) is 3.54. The van der Waals surface area contributed by atoms with Crippen molar-refractivity contribution in [2.75, 3.05) is 52.4 Å². The first-order valence-electron chi connectivity index (χ1n) is 8.79. The molecule has 3 aliphatic rings. The van der Waals surface area contributed by atoms with E-state index in [1.807, 2.05) is 14.7 Å². The van der Waals surface area contributed by atoms with E-state index in [1.165, 1.54) is 0 Å². The van der Waals surface area contributed by atoms with E-state index >= 15 is 0 Å². The van der Waals surface area contributed by atoms with Gasteiger partial charge in [-0.25, -0.2) is 4.79 Å². The van der Waals surface area contributed by atoms with Crippen molar-refractivity contribution in [1.82, 2.24) is 20.0 Å². The van der Waals surface area contributed by atoms with Crippen molar-refractivity contribution in [2.24, 2.45) is 5.92 Å².